The van der Waals surface area contributed by atoms with Crippen molar-refractivity contribution in [1.82, 2.24) is 4.90 Å². The summed E-state index contributed by atoms with van der Waals surface area (Å²) in [7, 11) is 4.41. The van der Waals surface area contributed by atoms with Gasteiger partial charge in [-0.25, -0.2) is 0 Å². The van der Waals surface area contributed by atoms with Crippen molar-refractivity contribution >= 4 is 0 Å². The highest BCUT2D eigenvalue weighted by atomic mass is 15.1. The van der Waals surface area contributed by atoms with Gasteiger partial charge in [0.05, 0.1) is 0 Å². The van der Waals surface area contributed by atoms with Crippen LogP contribution in [0.25, 0.3) is 0 Å². The number of nitrogens with zero attached hydrogens (tertiary/aromatic N) is 1. The van der Waals surface area contributed by atoms with Crippen molar-refractivity contribution in [2.45, 2.75) is 30.7 Å². The topological polar surface area (TPSA) is 3.24 Å². The first-order valence-electron chi connectivity index (χ1n) is 7.50. The Balaban J connectivity index is 2.06. The van der Waals surface area contributed by atoms with Crippen LogP contribution in [-0.2, 0) is 5.41 Å². The maximum Gasteiger partial charge on any atom is 0.0218 e. The van der Waals surface area contributed by atoms with Crippen LogP contribution < -0.4 is 0 Å². The summed E-state index contributed by atoms with van der Waals surface area (Å²) in [5, 5.41) is 0. The molecule has 0 radical (unpaired) electrons. The molecule has 1 aliphatic rings. The lowest BCUT2D eigenvalue weighted by molar-refractivity contribution is 0.289. The largest absolute Gasteiger partial charge is 0.306 e. The van der Waals surface area contributed by atoms with Crippen molar-refractivity contribution in [3.05, 3.63) is 71.8 Å². The fraction of sp³-hybridized carbons (Fsp3) is 0.368. The van der Waals surface area contributed by atoms with Gasteiger partial charge in [0.25, 0.3) is 0 Å². The van der Waals surface area contributed by atoms with Crippen LogP contribution in [0, 0.1) is 0 Å². The summed E-state index contributed by atoms with van der Waals surface area (Å²) in [5.74, 6) is 0. The zero-order valence-corrected chi connectivity index (χ0v) is 12.4. The van der Waals surface area contributed by atoms with E-state index in [2.05, 4.69) is 79.7 Å². The molecule has 0 spiro atoms. The highest BCUT2D eigenvalue weighted by molar-refractivity contribution is 5.41. The van der Waals surface area contributed by atoms with Gasteiger partial charge in [-0.05, 0) is 44.5 Å². The van der Waals surface area contributed by atoms with Gasteiger partial charge in [0.1, 0.15) is 0 Å². The Bertz CT molecular complexity index is 505. The highest BCUT2D eigenvalue weighted by Gasteiger charge is 2.42. The van der Waals surface area contributed by atoms with Crippen molar-refractivity contribution in [1.29, 1.82) is 0 Å². The minimum Gasteiger partial charge on any atom is -0.306 e. The molecule has 2 aromatic rings. The average Bonchev–Trinajstić information content (AvgIpc) is 2.96. The average molecular weight is 265 g/mol. The Morgan fingerprint density at radius 3 is 1.75 bits per heavy atom. The maximum atomic E-state index is 2.38. The van der Waals surface area contributed by atoms with Gasteiger partial charge in [-0.15, -0.1) is 0 Å². The zero-order chi connectivity index (χ0) is 14.0. The third-order valence-electron chi connectivity index (χ3n) is 4.87. The summed E-state index contributed by atoms with van der Waals surface area (Å²) in [6, 6.07) is 22.8. The molecule has 0 aromatic heterocycles. The Kier molecular flexibility index (Phi) is 3.62. The standard InChI is InChI=1S/C19H23N/c1-20(2)18-13-14-19(15-18,16-9-5-3-6-10-16)17-11-7-4-8-12-17/h3-12,18H,13-15H2,1-2H3. The molecule has 1 unspecified atom stereocenters. The number of rotatable bonds is 3. The van der Waals surface area contributed by atoms with Crippen LogP contribution in [-0.4, -0.2) is 25.0 Å². The van der Waals surface area contributed by atoms with Crippen molar-refractivity contribution < 1.29 is 0 Å². The van der Waals surface area contributed by atoms with Gasteiger partial charge in [-0.1, -0.05) is 60.7 Å². The molecule has 1 nitrogen and oxygen atoms in total. The molecular formula is C19H23N. The molecule has 20 heavy (non-hydrogen) atoms. The van der Waals surface area contributed by atoms with E-state index in [0.29, 0.717) is 6.04 Å². The molecule has 1 saturated carbocycles. The van der Waals surface area contributed by atoms with E-state index in [-0.39, 0.29) is 5.41 Å². The monoisotopic (exact) mass is 265 g/mol. The molecule has 0 aliphatic heterocycles. The summed E-state index contributed by atoms with van der Waals surface area (Å²) in [6.45, 7) is 0. The second kappa shape index (κ2) is 5.41. The first-order valence-corrected chi connectivity index (χ1v) is 7.50. The first kappa shape index (κ1) is 13.4. The second-order valence-electron chi connectivity index (χ2n) is 6.17. The third kappa shape index (κ3) is 2.27. The molecule has 0 bridgehead atoms. The second-order valence-corrected chi connectivity index (χ2v) is 6.17. The number of hydrogen-bond acceptors (Lipinski definition) is 1. The van der Waals surface area contributed by atoms with Gasteiger partial charge < -0.3 is 4.90 Å². The lowest BCUT2D eigenvalue weighted by atomic mass is 9.73. The van der Waals surface area contributed by atoms with E-state index in [1.807, 2.05) is 0 Å². The third-order valence-corrected chi connectivity index (χ3v) is 4.87. The number of benzene rings is 2. The van der Waals surface area contributed by atoms with Crippen LogP contribution >= 0.6 is 0 Å². The lowest BCUT2D eigenvalue weighted by Crippen LogP contribution is -2.30. The van der Waals surface area contributed by atoms with Gasteiger partial charge in [-0.3, -0.25) is 0 Å². The predicted octanol–water partition coefficient (Wildman–Crippen LogP) is 4.09. The Morgan fingerprint density at radius 2 is 1.35 bits per heavy atom. The first-order chi connectivity index (χ1) is 9.72. The van der Waals surface area contributed by atoms with Crippen molar-refractivity contribution in [2.24, 2.45) is 0 Å². The molecule has 1 atom stereocenters. The van der Waals surface area contributed by atoms with E-state index < -0.39 is 0 Å². The molecule has 0 N–H and O–H groups in total. The van der Waals surface area contributed by atoms with Gasteiger partial charge in [0, 0.05) is 11.5 Å². The molecule has 1 aliphatic carbocycles. The molecule has 104 valence electrons. The molecule has 0 saturated heterocycles. The van der Waals surface area contributed by atoms with Crippen LogP contribution in [0.3, 0.4) is 0 Å². The summed E-state index contributed by atoms with van der Waals surface area (Å²) in [5.41, 5.74) is 3.13. The van der Waals surface area contributed by atoms with E-state index in [1.165, 1.54) is 30.4 Å². The molecule has 0 heterocycles. The molecule has 3 rings (SSSR count). The SMILES string of the molecule is CN(C)C1CCC(c2ccccc2)(c2ccccc2)C1. The van der Waals surface area contributed by atoms with Gasteiger partial charge in [-0.2, -0.15) is 0 Å². The molecular weight excluding hydrogens is 242 g/mol. The normalized spacial score (nSPS) is 21.2. The van der Waals surface area contributed by atoms with E-state index in [1.54, 1.807) is 0 Å². The Morgan fingerprint density at radius 1 is 0.850 bits per heavy atom. The summed E-state index contributed by atoms with van der Waals surface area (Å²) >= 11 is 0. The van der Waals surface area contributed by atoms with Crippen LogP contribution in [0.4, 0.5) is 0 Å². The summed E-state index contributed by atoms with van der Waals surface area (Å²) in [6.07, 6.45) is 3.73. The Hall–Kier alpha value is -1.60. The number of hydrogen-bond donors (Lipinski definition) is 0. The van der Waals surface area contributed by atoms with Crippen molar-refractivity contribution in [2.75, 3.05) is 14.1 Å². The van der Waals surface area contributed by atoms with Gasteiger partial charge in [0.15, 0.2) is 0 Å². The molecule has 0 amide bonds. The van der Waals surface area contributed by atoms with E-state index >= 15 is 0 Å². The quantitative estimate of drug-likeness (QED) is 0.808. The minimum absolute atomic E-state index is 0.192. The van der Waals surface area contributed by atoms with Crippen LogP contribution in [0.15, 0.2) is 60.7 Å². The van der Waals surface area contributed by atoms with Crippen LogP contribution in [0.2, 0.25) is 0 Å². The fourth-order valence-electron chi connectivity index (χ4n) is 3.67. The maximum absolute atomic E-state index is 2.38. The summed E-state index contributed by atoms with van der Waals surface area (Å²) in [4.78, 5) is 2.38. The lowest BCUT2D eigenvalue weighted by Gasteiger charge is -2.32. The van der Waals surface area contributed by atoms with E-state index in [9.17, 15) is 0 Å². The van der Waals surface area contributed by atoms with Gasteiger partial charge in [0.2, 0.25) is 0 Å². The van der Waals surface area contributed by atoms with Crippen LogP contribution in [0.1, 0.15) is 30.4 Å². The fourth-order valence-corrected chi connectivity index (χ4v) is 3.67. The smallest absolute Gasteiger partial charge is 0.0218 e. The summed E-state index contributed by atoms with van der Waals surface area (Å²) < 4.78 is 0. The molecule has 2 aromatic carbocycles. The molecule has 1 fully saturated rings. The van der Waals surface area contributed by atoms with E-state index in [4.69, 9.17) is 0 Å². The molecule has 1 heteroatoms. The van der Waals surface area contributed by atoms with Crippen molar-refractivity contribution in [3.8, 4) is 0 Å². The highest BCUT2D eigenvalue weighted by Crippen LogP contribution is 2.47. The Labute approximate surface area is 122 Å². The van der Waals surface area contributed by atoms with Crippen LogP contribution in [0.5, 0.6) is 0 Å². The van der Waals surface area contributed by atoms with Gasteiger partial charge >= 0.3 is 0 Å². The van der Waals surface area contributed by atoms with Crippen molar-refractivity contribution in [3.63, 3.8) is 0 Å². The zero-order valence-electron chi connectivity index (χ0n) is 12.4. The minimum atomic E-state index is 0.192. The predicted molar refractivity (Wildman–Crippen MR) is 85.0 cm³/mol. The van der Waals surface area contributed by atoms with E-state index in [0.717, 1.165) is 0 Å².